The van der Waals surface area contributed by atoms with E-state index in [1.165, 1.54) is 37.7 Å². The molecule has 0 radical (unpaired) electrons. The van der Waals surface area contributed by atoms with Gasteiger partial charge in [0.25, 0.3) is 0 Å². The van der Waals surface area contributed by atoms with Gasteiger partial charge in [0.1, 0.15) is 0 Å². The van der Waals surface area contributed by atoms with Crippen LogP contribution in [-0.4, -0.2) is 4.98 Å². The van der Waals surface area contributed by atoms with Crippen LogP contribution < -0.4 is 0 Å². The minimum atomic E-state index is 1.09. The van der Waals surface area contributed by atoms with Crippen molar-refractivity contribution in [2.24, 2.45) is 0 Å². The van der Waals surface area contributed by atoms with E-state index in [4.69, 9.17) is 4.98 Å². The van der Waals surface area contributed by atoms with Crippen LogP contribution in [0.15, 0.2) is 79.0 Å². The quantitative estimate of drug-likeness (QED) is 0.332. The predicted molar refractivity (Wildman–Crippen MR) is 94.3 cm³/mol. The van der Waals surface area contributed by atoms with Crippen molar-refractivity contribution in [3.63, 3.8) is 0 Å². The number of benzene rings is 4. The average Bonchev–Trinajstić information content (AvgIpc) is 2.60. The molecule has 0 saturated carbocycles. The summed E-state index contributed by atoms with van der Waals surface area (Å²) in [6, 6.07) is 25.8. The van der Waals surface area contributed by atoms with Crippen molar-refractivity contribution in [3.8, 4) is 0 Å². The second-order valence-electron chi connectivity index (χ2n) is 5.69. The second kappa shape index (κ2) is 4.28. The summed E-state index contributed by atoms with van der Waals surface area (Å²) >= 11 is 0. The van der Waals surface area contributed by atoms with Crippen LogP contribution in [0.3, 0.4) is 0 Å². The predicted octanol–water partition coefficient (Wildman–Crippen LogP) is 5.69. The van der Waals surface area contributed by atoms with Crippen LogP contribution in [0.1, 0.15) is 0 Å². The Morgan fingerprint density at radius 2 is 1.14 bits per heavy atom. The molecule has 0 N–H and O–H groups in total. The van der Waals surface area contributed by atoms with E-state index in [0.717, 1.165) is 5.52 Å². The number of pyridine rings is 1. The fourth-order valence-corrected chi connectivity index (χ4v) is 3.43. The first-order valence-corrected chi connectivity index (χ1v) is 7.50. The lowest BCUT2D eigenvalue weighted by atomic mass is 9.97. The average molecular weight is 279 g/mol. The molecule has 1 heteroatoms. The monoisotopic (exact) mass is 279 g/mol. The molecular weight excluding hydrogens is 266 g/mol. The standard InChI is InChI=1S/C21H13N/c1-3-7-17-14(5-1)9-10-16-13-22-21-18-8-4-2-6-15(18)11-12-19(21)20(16)17/h1-13H. The first kappa shape index (κ1) is 11.7. The highest BCUT2D eigenvalue weighted by Crippen LogP contribution is 2.33. The molecule has 0 atom stereocenters. The molecule has 0 aliphatic rings. The van der Waals surface area contributed by atoms with Gasteiger partial charge in [-0.2, -0.15) is 0 Å². The van der Waals surface area contributed by atoms with Crippen molar-refractivity contribution < 1.29 is 0 Å². The highest BCUT2D eigenvalue weighted by atomic mass is 14.7. The van der Waals surface area contributed by atoms with Gasteiger partial charge in [-0.15, -0.1) is 0 Å². The molecular formula is C21H13N. The minimum Gasteiger partial charge on any atom is -0.255 e. The number of rotatable bonds is 0. The van der Waals surface area contributed by atoms with E-state index < -0.39 is 0 Å². The van der Waals surface area contributed by atoms with E-state index in [-0.39, 0.29) is 0 Å². The molecule has 5 aromatic rings. The zero-order valence-electron chi connectivity index (χ0n) is 12.0. The topological polar surface area (TPSA) is 12.9 Å². The molecule has 0 fully saturated rings. The van der Waals surface area contributed by atoms with Crippen LogP contribution in [0.5, 0.6) is 0 Å². The highest BCUT2D eigenvalue weighted by molar-refractivity contribution is 6.23. The minimum absolute atomic E-state index is 1.09. The van der Waals surface area contributed by atoms with Gasteiger partial charge in [0.2, 0.25) is 0 Å². The summed E-state index contributed by atoms with van der Waals surface area (Å²) in [5.41, 5.74) is 1.09. The van der Waals surface area contributed by atoms with Gasteiger partial charge in [-0.3, -0.25) is 4.98 Å². The maximum Gasteiger partial charge on any atom is 0.0786 e. The van der Waals surface area contributed by atoms with E-state index in [2.05, 4.69) is 72.8 Å². The Bertz CT molecular complexity index is 1170. The van der Waals surface area contributed by atoms with Crippen molar-refractivity contribution in [1.82, 2.24) is 4.98 Å². The number of fused-ring (bicyclic) bond motifs is 7. The summed E-state index contributed by atoms with van der Waals surface area (Å²) in [5.74, 6) is 0. The van der Waals surface area contributed by atoms with Crippen LogP contribution in [0.4, 0.5) is 0 Å². The van der Waals surface area contributed by atoms with Crippen molar-refractivity contribution in [2.45, 2.75) is 0 Å². The molecule has 4 aromatic carbocycles. The zero-order valence-corrected chi connectivity index (χ0v) is 12.0. The molecule has 0 aliphatic heterocycles. The van der Waals surface area contributed by atoms with Crippen LogP contribution >= 0.6 is 0 Å². The molecule has 5 rings (SSSR count). The number of hydrogen-bond donors (Lipinski definition) is 0. The molecule has 0 amide bonds. The molecule has 0 saturated heterocycles. The molecule has 0 spiro atoms. The Morgan fingerprint density at radius 1 is 0.500 bits per heavy atom. The molecule has 22 heavy (non-hydrogen) atoms. The zero-order chi connectivity index (χ0) is 14.5. The third kappa shape index (κ3) is 1.51. The van der Waals surface area contributed by atoms with Gasteiger partial charge >= 0.3 is 0 Å². The van der Waals surface area contributed by atoms with Gasteiger partial charge in [0.05, 0.1) is 5.52 Å². The first-order chi connectivity index (χ1) is 10.9. The van der Waals surface area contributed by atoms with Gasteiger partial charge in [0, 0.05) is 27.7 Å². The lowest BCUT2D eigenvalue weighted by Gasteiger charge is -2.09. The third-order valence-electron chi connectivity index (χ3n) is 4.46. The van der Waals surface area contributed by atoms with Crippen LogP contribution in [0, 0.1) is 0 Å². The van der Waals surface area contributed by atoms with Crippen LogP contribution in [0.25, 0.3) is 43.2 Å². The van der Waals surface area contributed by atoms with E-state index in [1.807, 2.05) is 6.20 Å². The SMILES string of the molecule is c1ccc2c(c1)ccc1c2ncc2ccc3ccccc3c21. The lowest BCUT2D eigenvalue weighted by molar-refractivity contribution is 1.46. The fraction of sp³-hybridized carbons (Fsp3) is 0. The van der Waals surface area contributed by atoms with E-state index in [0.29, 0.717) is 0 Å². The van der Waals surface area contributed by atoms with Gasteiger partial charge in [-0.05, 0) is 16.2 Å². The Morgan fingerprint density at radius 3 is 2.00 bits per heavy atom. The second-order valence-corrected chi connectivity index (χ2v) is 5.69. The Labute approximate surface area is 127 Å². The highest BCUT2D eigenvalue weighted by Gasteiger charge is 2.08. The molecule has 0 bridgehead atoms. The van der Waals surface area contributed by atoms with Crippen molar-refractivity contribution >= 4 is 43.2 Å². The third-order valence-corrected chi connectivity index (χ3v) is 4.46. The van der Waals surface area contributed by atoms with E-state index in [1.54, 1.807) is 0 Å². The summed E-state index contributed by atoms with van der Waals surface area (Å²) in [5, 5.41) is 8.75. The van der Waals surface area contributed by atoms with Crippen LogP contribution in [-0.2, 0) is 0 Å². The van der Waals surface area contributed by atoms with Gasteiger partial charge in [-0.1, -0.05) is 72.8 Å². The summed E-state index contributed by atoms with van der Waals surface area (Å²) in [4.78, 5) is 4.74. The molecule has 0 unspecified atom stereocenters. The Balaban J connectivity index is 2.11. The van der Waals surface area contributed by atoms with Crippen molar-refractivity contribution in [3.05, 3.63) is 79.0 Å². The van der Waals surface area contributed by atoms with Gasteiger partial charge in [-0.25, -0.2) is 0 Å². The molecule has 1 heterocycles. The fourth-order valence-electron chi connectivity index (χ4n) is 3.43. The van der Waals surface area contributed by atoms with Gasteiger partial charge < -0.3 is 0 Å². The maximum atomic E-state index is 4.74. The van der Waals surface area contributed by atoms with Gasteiger partial charge in [0.15, 0.2) is 0 Å². The summed E-state index contributed by atoms with van der Waals surface area (Å²) in [6.45, 7) is 0. The number of hydrogen-bond acceptors (Lipinski definition) is 1. The molecule has 0 aliphatic carbocycles. The Kier molecular flexibility index (Phi) is 2.28. The normalized spacial score (nSPS) is 11.6. The van der Waals surface area contributed by atoms with Crippen molar-refractivity contribution in [1.29, 1.82) is 0 Å². The molecule has 1 aromatic heterocycles. The number of aromatic nitrogens is 1. The molecule has 1 nitrogen and oxygen atoms in total. The summed E-state index contributed by atoms with van der Waals surface area (Å²) in [6.07, 6.45) is 2.00. The molecule has 102 valence electrons. The smallest absolute Gasteiger partial charge is 0.0786 e. The summed E-state index contributed by atoms with van der Waals surface area (Å²) in [7, 11) is 0. The largest absolute Gasteiger partial charge is 0.255 e. The summed E-state index contributed by atoms with van der Waals surface area (Å²) < 4.78 is 0. The lowest BCUT2D eigenvalue weighted by Crippen LogP contribution is -1.86. The number of nitrogens with zero attached hydrogens (tertiary/aromatic N) is 1. The van der Waals surface area contributed by atoms with Crippen molar-refractivity contribution in [2.75, 3.05) is 0 Å². The van der Waals surface area contributed by atoms with E-state index >= 15 is 0 Å². The van der Waals surface area contributed by atoms with E-state index in [9.17, 15) is 0 Å². The Hall–Kier alpha value is -2.93. The maximum absolute atomic E-state index is 4.74. The first-order valence-electron chi connectivity index (χ1n) is 7.50. The van der Waals surface area contributed by atoms with Crippen LogP contribution in [0.2, 0.25) is 0 Å².